The molecule has 0 radical (unpaired) electrons. The summed E-state index contributed by atoms with van der Waals surface area (Å²) >= 11 is 0. The Balaban J connectivity index is 1.43. The number of hydrogen-bond donors (Lipinski definition) is 2. The fraction of sp³-hybridized carbons (Fsp3) is 0.591. The largest absolute Gasteiger partial charge is 0.348 e. The summed E-state index contributed by atoms with van der Waals surface area (Å²) in [5.41, 5.74) is 2.73. The number of carbonyl (C=O) groups excluding carboxylic acids is 1. The van der Waals surface area contributed by atoms with Gasteiger partial charge in [-0.15, -0.1) is 5.10 Å². The summed E-state index contributed by atoms with van der Waals surface area (Å²) in [6.07, 6.45) is 7.73. The standard InChI is InChI=1S/C22H31N5O/c1-16-21(25-26-27(16)19-11-13-23-14-12-19)22(28)24-20-10-6-5-9-18(20)15-17-7-3-2-4-8-17/h2-4,7-8,18-20,23H,5-6,9-15H2,1H3,(H,24,28). The summed E-state index contributed by atoms with van der Waals surface area (Å²) in [6, 6.07) is 11.2. The molecule has 2 aliphatic rings. The smallest absolute Gasteiger partial charge is 0.273 e. The Morgan fingerprint density at radius 2 is 1.89 bits per heavy atom. The molecule has 0 bridgehead atoms. The van der Waals surface area contributed by atoms with E-state index in [0.717, 1.165) is 44.5 Å². The minimum absolute atomic E-state index is 0.0670. The molecule has 150 valence electrons. The maximum absolute atomic E-state index is 13.0. The van der Waals surface area contributed by atoms with E-state index in [1.54, 1.807) is 0 Å². The van der Waals surface area contributed by atoms with Crippen molar-refractivity contribution < 1.29 is 4.79 Å². The molecule has 1 saturated heterocycles. The Bertz CT molecular complexity index is 781. The lowest BCUT2D eigenvalue weighted by Gasteiger charge is -2.32. The topological polar surface area (TPSA) is 71.8 Å². The second-order valence-corrected chi connectivity index (χ2v) is 8.26. The third-order valence-electron chi connectivity index (χ3n) is 6.36. The molecule has 1 aliphatic carbocycles. The third-order valence-corrected chi connectivity index (χ3v) is 6.36. The molecule has 28 heavy (non-hydrogen) atoms. The minimum atomic E-state index is -0.0670. The van der Waals surface area contributed by atoms with Crippen LogP contribution in [0.15, 0.2) is 30.3 Å². The SMILES string of the molecule is Cc1c(C(=O)NC2CCCCC2Cc2ccccc2)nnn1C1CCNCC1. The lowest BCUT2D eigenvalue weighted by atomic mass is 9.80. The van der Waals surface area contributed by atoms with E-state index < -0.39 is 0 Å². The van der Waals surface area contributed by atoms with Gasteiger partial charge in [0.15, 0.2) is 5.69 Å². The molecule has 1 saturated carbocycles. The predicted molar refractivity (Wildman–Crippen MR) is 109 cm³/mol. The summed E-state index contributed by atoms with van der Waals surface area (Å²) in [4.78, 5) is 13.0. The molecule has 1 aromatic carbocycles. The maximum Gasteiger partial charge on any atom is 0.273 e. The quantitative estimate of drug-likeness (QED) is 0.835. The molecule has 1 aliphatic heterocycles. The molecule has 6 nitrogen and oxygen atoms in total. The zero-order valence-electron chi connectivity index (χ0n) is 16.7. The van der Waals surface area contributed by atoms with E-state index in [2.05, 4.69) is 51.3 Å². The van der Waals surface area contributed by atoms with Crippen molar-refractivity contribution in [3.63, 3.8) is 0 Å². The first-order chi connectivity index (χ1) is 13.7. The van der Waals surface area contributed by atoms with Crippen LogP contribution in [0.3, 0.4) is 0 Å². The van der Waals surface area contributed by atoms with E-state index in [4.69, 9.17) is 0 Å². The van der Waals surface area contributed by atoms with Crippen LogP contribution in [0.25, 0.3) is 0 Å². The number of aromatic nitrogens is 3. The highest BCUT2D eigenvalue weighted by Crippen LogP contribution is 2.28. The Hall–Kier alpha value is -2.21. The molecule has 2 atom stereocenters. The molecular formula is C22H31N5O. The van der Waals surface area contributed by atoms with Gasteiger partial charge in [0.25, 0.3) is 5.91 Å². The highest BCUT2D eigenvalue weighted by atomic mass is 16.2. The fourth-order valence-corrected chi connectivity index (χ4v) is 4.74. The van der Waals surface area contributed by atoms with Gasteiger partial charge in [0.1, 0.15) is 0 Å². The normalized spacial score (nSPS) is 23.5. The van der Waals surface area contributed by atoms with E-state index in [0.29, 0.717) is 17.7 Å². The molecule has 2 unspecified atom stereocenters. The third kappa shape index (κ3) is 4.27. The van der Waals surface area contributed by atoms with Crippen LogP contribution in [0.2, 0.25) is 0 Å². The number of amides is 1. The number of carbonyl (C=O) groups is 1. The van der Waals surface area contributed by atoms with Gasteiger partial charge < -0.3 is 10.6 Å². The average molecular weight is 382 g/mol. The second-order valence-electron chi connectivity index (χ2n) is 8.26. The van der Waals surface area contributed by atoms with Crippen LogP contribution in [0.5, 0.6) is 0 Å². The van der Waals surface area contributed by atoms with Crippen LogP contribution in [0.1, 0.15) is 66.3 Å². The van der Waals surface area contributed by atoms with Crippen molar-refractivity contribution in [2.75, 3.05) is 13.1 Å². The zero-order valence-corrected chi connectivity index (χ0v) is 16.7. The van der Waals surface area contributed by atoms with E-state index in [1.807, 2.05) is 11.6 Å². The first kappa shape index (κ1) is 19.1. The van der Waals surface area contributed by atoms with E-state index in [9.17, 15) is 4.79 Å². The lowest BCUT2D eigenvalue weighted by molar-refractivity contribution is 0.0900. The van der Waals surface area contributed by atoms with E-state index >= 15 is 0 Å². The van der Waals surface area contributed by atoms with Crippen LogP contribution < -0.4 is 10.6 Å². The van der Waals surface area contributed by atoms with Crippen LogP contribution in [-0.2, 0) is 6.42 Å². The number of rotatable bonds is 5. The summed E-state index contributed by atoms with van der Waals surface area (Å²) in [7, 11) is 0. The molecule has 1 aromatic heterocycles. The van der Waals surface area contributed by atoms with Crippen molar-refractivity contribution in [2.45, 2.75) is 64.0 Å². The molecule has 6 heteroatoms. The van der Waals surface area contributed by atoms with Gasteiger partial charge >= 0.3 is 0 Å². The molecule has 2 heterocycles. The molecule has 4 rings (SSSR count). The Morgan fingerprint density at radius 3 is 2.68 bits per heavy atom. The maximum atomic E-state index is 13.0. The van der Waals surface area contributed by atoms with Crippen molar-refractivity contribution >= 4 is 5.91 Å². The van der Waals surface area contributed by atoms with Gasteiger partial charge in [0.05, 0.1) is 11.7 Å². The molecule has 2 aromatic rings. The molecular weight excluding hydrogens is 350 g/mol. The number of hydrogen-bond acceptors (Lipinski definition) is 4. The molecule has 2 fully saturated rings. The van der Waals surface area contributed by atoms with Gasteiger partial charge in [-0.3, -0.25) is 4.79 Å². The Morgan fingerprint density at radius 1 is 1.14 bits per heavy atom. The zero-order chi connectivity index (χ0) is 19.3. The average Bonchev–Trinajstić information content (AvgIpc) is 3.12. The van der Waals surface area contributed by atoms with Crippen LogP contribution in [0, 0.1) is 12.8 Å². The fourth-order valence-electron chi connectivity index (χ4n) is 4.74. The molecule has 1 amide bonds. The van der Waals surface area contributed by atoms with Gasteiger partial charge in [-0.05, 0) is 63.6 Å². The van der Waals surface area contributed by atoms with Crippen molar-refractivity contribution in [3.05, 3.63) is 47.3 Å². The van der Waals surface area contributed by atoms with Crippen LogP contribution >= 0.6 is 0 Å². The summed E-state index contributed by atoms with van der Waals surface area (Å²) < 4.78 is 1.96. The summed E-state index contributed by atoms with van der Waals surface area (Å²) in [6.45, 7) is 3.96. The van der Waals surface area contributed by atoms with Crippen molar-refractivity contribution in [2.24, 2.45) is 5.92 Å². The lowest BCUT2D eigenvalue weighted by Crippen LogP contribution is -2.43. The number of nitrogens with one attached hydrogen (secondary N) is 2. The van der Waals surface area contributed by atoms with E-state index in [-0.39, 0.29) is 11.9 Å². The first-order valence-electron chi connectivity index (χ1n) is 10.7. The highest BCUT2D eigenvalue weighted by Gasteiger charge is 2.29. The van der Waals surface area contributed by atoms with Gasteiger partial charge in [-0.25, -0.2) is 4.68 Å². The van der Waals surface area contributed by atoms with Crippen molar-refractivity contribution in [1.82, 2.24) is 25.6 Å². The van der Waals surface area contributed by atoms with Gasteiger partial charge in [-0.2, -0.15) is 0 Å². The van der Waals surface area contributed by atoms with Crippen LogP contribution in [0.4, 0.5) is 0 Å². The van der Waals surface area contributed by atoms with E-state index in [1.165, 1.54) is 24.8 Å². The number of piperidine rings is 1. The number of benzene rings is 1. The predicted octanol–water partition coefficient (Wildman–Crippen LogP) is 3.04. The van der Waals surface area contributed by atoms with Crippen LogP contribution in [-0.4, -0.2) is 40.0 Å². The molecule has 0 spiro atoms. The van der Waals surface area contributed by atoms with Crippen molar-refractivity contribution in [1.29, 1.82) is 0 Å². The summed E-state index contributed by atoms with van der Waals surface area (Å²) in [5, 5.41) is 15.2. The summed E-state index contributed by atoms with van der Waals surface area (Å²) in [5.74, 6) is 0.419. The Kier molecular flexibility index (Phi) is 6.05. The van der Waals surface area contributed by atoms with Gasteiger partial charge in [0.2, 0.25) is 0 Å². The molecule has 2 N–H and O–H groups in total. The van der Waals surface area contributed by atoms with Gasteiger partial charge in [0, 0.05) is 6.04 Å². The van der Waals surface area contributed by atoms with Crippen molar-refractivity contribution in [3.8, 4) is 0 Å². The highest BCUT2D eigenvalue weighted by molar-refractivity contribution is 5.93. The second kappa shape index (κ2) is 8.86. The Labute approximate surface area is 167 Å². The first-order valence-corrected chi connectivity index (χ1v) is 10.7. The van der Waals surface area contributed by atoms with Gasteiger partial charge in [-0.1, -0.05) is 48.4 Å². The number of nitrogens with zero attached hydrogens (tertiary/aromatic N) is 3. The minimum Gasteiger partial charge on any atom is -0.348 e. The monoisotopic (exact) mass is 381 g/mol.